The average Bonchev–Trinajstić information content (AvgIpc) is 2.89. The minimum absolute atomic E-state index is 0.128. The number of carbonyl (C=O) groups is 3. The van der Waals surface area contributed by atoms with E-state index in [4.69, 9.17) is 9.47 Å². The highest BCUT2D eigenvalue weighted by Gasteiger charge is 2.40. The quantitative estimate of drug-likeness (QED) is 0.284. The molecule has 41 heavy (non-hydrogen) atoms. The second-order valence-electron chi connectivity index (χ2n) is 11.6. The standard InChI is InChI=1S/C31H45N3O7/c1-19(2)12-13-21(4)34(29(38)25(18-35)33-30(39)41-31(5,6)7)26(24-11-9-10-20(3)27(24)36)28(37)32-22-14-16-23(40-8)17-15-22/h9-11,14-17,19,21,25-26,35-36H,12-13,18H2,1-8H3,(H,32,37)(H,33,39). The fourth-order valence-electron chi connectivity index (χ4n) is 4.33. The number of benzene rings is 2. The fourth-order valence-corrected chi connectivity index (χ4v) is 4.33. The number of ether oxygens (including phenoxy) is 2. The number of methoxy groups -OCH3 is 1. The van der Waals surface area contributed by atoms with Crippen LogP contribution in [-0.4, -0.2) is 64.4 Å². The lowest BCUT2D eigenvalue weighted by molar-refractivity contribution is -0.144. The number of aromatic hydroxyl groups is 1. The number of para-hydroxylation sites is 1. The van der Waals surface area contributed by atoms with Gasteiger partial charge >= 0.3 is 6.09 Å². The number of rotatable bonds is 12. The molecular formula is C31H45N3O7. The summed E-state index contributed by atoms with van der Waals surface area (Å²) in [5.74, 6) is -0.465. The van der Waals surface area contributed by atoms with E-state index in [2.05, 4.69) is 24.5 Å². The van der Waals surface area contributed by atoms with E-state index in [-0.39, 0.29) is 11.3 Å². The number of aryl methyl sites for hydroxylation is 1. The molecule has 0 aliphatic rings. The lowest BCUT2D eigenvalue weighted by Gasteiger charge is -2.38. The van der Waals surface area contributed by atoms with Crippen LogP contribution in [0.25, 0.3) is 0 Å². The van der Waals surface area contributed by atoms with Crippen LogP contribution in [-0.2, 0) is 14.3 Å². The molecule has 0 heterocycles. The third-order valence-electron chi connectivity index (χ3n) is 6.51. The van der Waals surface area contributed by atoms with E-state index < -0.39 is 48.2 Å². The maximum absolute atomic E-state index is 14.1. The smallest absolute Gasteiger partial charge is 0.408 e. The van der Waals surface area contributed by atoms with Crippen LogP contribution in [0.4, 0.5) is 10.5 Å². The normalized spacial score (nSPS) is 13.6. The summed E-state index contributed by atoms with van der Waals surface area (Å²) in [5, 5.41) is 26.6. The van der Waals surface area contributed by atoms with Gasteiger partial charge in [-0.15, -0.1) is 0 Å². The summed E-state index contributed by atoms with van der Waals surface area (Å²) < 4.78 is 10.5. The predicted molar refractivity (Wildman–Crippen MR) is 158 cm³/mol. The number of anilines is 1. The number of hydrogen-bond donors (Lipinski definition) is 4. The zero-order valence-electron chi connectivity index (χ0n) is 25.4. The molecule has 0 bridgehead atoms. The average molecular weight is 572 g/mol. The van der Waals surface area contributed by atoms with E-state index in [1.165, 1.54) is 12.0 Å². The number of nitrogens with one attached hydrogen (secondary N) is 2. The first-order valence-electron chi connectivity index (χ1n) is 13.8. The van der Waals surface area contributed by atoms with E-state index in [9.17, 15) is 24.6 Å². The summed E-state index contributed by atoms with van der Waals surface area (Å²) in [6, 6.07) is 8.50. The summed E-state index contributed by atoms with van der Waals surface area (Å²) in [4.78, 5) is 42.1. The molecule has 0 fully saturated rings. The van der Waals surface area contributed by atoms with Gasteiger partial charge in [-0.1, -0.05) is 32.0 Å². The lowest BCUT2D eigenvalue weighted by Crippen LogP contribution is -2.56. The molecule has 3 amide bonds. The molecular weight excluding hydrogens is 526 g/mol. The van der Waals surface area contributed by atoms with Crippen LogP contribution < -0.4 is 15.4 Å². The highest BCUT2D eigenvalue weighted by molar-refractivity contribution is 5.99. The van der Waals surface area contributed by atoms with E-state index in [0.29, 0.717) is 29.3 Å². The van der Waals surface area contributed by atoms with Gasteiger partial charge in [-0.05, 0) is 83.2 Å². The van der Waals surface area contributed by atoms with Gasteiger partial charge in [0, 0.05) is 17.3 Å². The molecule has 2 aromatic rings. The molecule has 10 heteroatoms. The second kappa shape index (κ2) is 14.7. The Labute approximate surface area is 243 Å². The van der Waals surface area contributed by atoms with E-state index in [1.807, 2.05) is 6.92 Å². The van der Waals surface area contributed by atoms with Crippen molar-refractivity contribution in [2.24, 2.45) is 5.92 Å². The Kier molecular flexibility index (Phi) is 12.0. The van der Waals surface area contributed by atoms with E-state index in [1.54, 1.807) is 70.2 Å². The third-order valence-corrected chi connectivity index (χ3v) is 6.51. The van der Waals surface area contributed by atoms with Gasteiger partial charge in [0.2, 0.25) is 5.91 Å². The Morgan fingerprint density at radius 1 is 1.00 bits per heavy atom. The van der Waals surface area contributed by atoms with Gasteiger partial charge in [-0.25, -0.2) is 4.79 Å². The van der Waals surface area contributed by atoms with Crippen molar-refractivity contribution >= 4 is 23.6 Å². The Balaban J connectivity index is 2.61. The number of aliphatic hydroxyl groups is 1. The topological polar surface area (TPSA) is 137 Å². The highest BCUT2D eigenvalue weighted by atomic mass is 16.6. The molecule has 2 rings (SSSR count). The molecule has 0 saturated heterocycles. The Morgan fingerprint density at radius 3 is 2.17 bits per heavy atom. The Morgan fingerprint density at radius 2 is 1.63 bits per heavy atom. The van der Waals surface area contributed by atoms with Gasteiger partial charge < -0.3 is 35.2 Å². The van der Waals surface area contributed by atoms with Crippen LogP contribution in [0, 0.1) is 12.8 Å². The van der Waals surface area contributed by atoms with Crippen LogP contribution in [0.3, 0.4) is 0 Å². The van der Waals surface area contributed by atoms with Gasteiger partial charge in [0.25, 0.3) is 5.91 Å². The number of phenols is 1. The van der Waals surface area contributed by atoms with Gasteiger partial charge in [-0.2, -0.15) is 0 Å². The van der Waals surface area contributed by atoms with Crippen molar-refractivity contribution in [3.05, 3.63) is 53.6 Å². The monoisotopic (exact) mass is 571 g/mol. The highest BCUT2D eigenvalue weighted by Crippen LogP contribution is 2.35. The number of nitrogens with zero attached hydrogens (tertiary/aromatic N) is 1. The zero-order valence-corrected chi connectivity index (χ0v) is 25.4. The molecule has 3 unspecified atom stereocenters. The molecule has 4 N–H and O–H groups in total. The number of carbonyl (C=O) groups excluding carboxylic acids is 3. The van der Waals surface area contributed by atoms with Crippen molar-refractivity contribution in [1.29, 1.82) is 0 Å². The number of amides is 3. The number of phenolic OH excluding ortho intramolecular Hbond substituents is 1. The second-order valence-corrected chi connectivity index (χ2v) is 11.6. The number of hydrogen-bond acceptors (Lipinski definition) is 7. The minimum atomic E-state index is -1.39. The molecule has 3 atom stereocenters. The SMILES string of the molecule is COc1ccc(NC(=O)C(c2cccc(C)c2O)N(C(=O)C(CO)NC(=O)OC(C)(C)C)C(C)CCC(C)C)cc1. The molecule has 0 aliphatic carbocycles. The molecule has 0 radical (unpaired) electrons. The van der Waals surface area contributed by atoms with Gasteiger partial charge in [0.15, 0.2) is 0 Å². The van der Waals surface area contributed by atoms with Crippen molar-refractivity contribution in [1.82, 2.24) is 10.2 Å². The summed E-state index contributed by atoms with van der Waals surface area (Å²) in [6.45, 7) is 11.9. The van der Waals surface area contributed by atoms with Crippen LogP contribution in [0.1, 0.15) is 71.6 Å². The molecule has 10 nitrogen and oxygen atoms in total. The minimum Gasteiger partial charge on any atom is -0.507 e. The first-order valence-corrected chi connectivity index (χ1v) is 13.8. The number of alkyl carbamates (subject to hydrolysis) is 1. The predicted octanol–water partition coefficient (Wildman–Crippen LogP) is 4.93. The van der Waals surface area contributed by atoms with Crippen LogP contribution in [0.5, 0.6) is 11.5 Å². The van der Waals surface area contributed by atoms with E-state index in [0.717, 1.165) is 6.42 Å². The van der Waals surface area contributed by atoms with Crippen molar-refractivity contribution in [3.63, 3.8) is 0 Å². The zero-order chi connectivity index (χ0) is 30.9. The van der Waals surface area contributed by atoms with Gasteiger partial charge in [0.05, 0.1) is 13.7 Å². The van der Waals surface area contributed by atoms with Crippen molar-refractivity contribution < 1.29 is 34.1 Å². The molecule has 2 aromatic carbocycles. The Hall–Kier alpha value is -3.79. The van der Waals surface area contributed by atoms with Crippen LogP contribution >= 0.6 is 0 Å². The molecule has 0 spiro atoms. The summed E-state index contributed by atoms with van der Waals surface area (Å²) in [7, 11) is 1.54. The molecule has 226 valence electrons. The summed E-state index contributed by atoms with van der Waals surface area (Å²) in [6.07, 6.45) is 0.408. The first-order chi connectivity index (χ1) is 19.2. The van der Waals surface area contributed by atoms with Crippen molar-refractivity contribution in [3.8, 4) is 11.5 Å². The number of aliphatic hydroxyl groups excluding tert-OH is 1. The van der Waals surface area contributed by atoms with Crippen molar-refractivity contribution in [2.45, 2.75) is 85.0 Å². The van der Waals surface area contributed by atoms with Crippen molar-refractivity contribution in [2.75, 3.05) is 19.0 Å². The van der Waals surface area contributed by atoms with E-state index >= 15 is 0 Å². The Bertz CT molecular complexity index is 1180. The van der Waals surface area contributed by atoms with Gasteiger partial charge in [-0.3, -0.25) is 9.59 Å². The molecule has 0 aliphatic heterocycles. The third kappa shape index (κ3) is 9.67. The first kappa shape index (κ1) is 33.4. The van der Waals surface area contributed by atoms with Gasteiger partial charge in [0.1, 0.15) is 29.2 Å². The lowest BCUT2D eigenvalue weighted by atomic mass is 9.95. The largest absolute Gasteiger partial charge is 0.507 e. The van der Waals surface area contributed by atoms with Crippen LogP contribution in [0.15, 0.2) is 42.5 Å². The fraction of sp³-hybridized carbons (Fsp3) is 0.516. The molecule has 0 saturated carbocycles. The summed E-state index contributed by atoms with van der Waals surface area (Å²) in [5.41, 5.74) is 0.374. The van der Waals surface area contributed by atoms with Crippen LogP contribution in [0.2, 0.25) is 0 Å². The maximum Gasteiger partial charge on any atom is 0.408 e. The maximum atomic E-state index is 14.1. The molecule has 0 aromatic heterocycles. The summed E-state index contributed by atoms with van der Waals surface area (Å²) >= 11 is 0.